The van der Waals surface area contributed by atoms with Gasteiger partial charge in [0.05, 0.1) is 12.1 Å². The van der Waals surface area contributed by atoms with Crippen molar-refractivity contribution in [2.45, 2.75) is 58.9 Å². The molecule has 1 aromatic rings. The first kappa shape index (κ1) is 19.8. The molecule has 1 aliphatic heterocycles. The molecule has 1 fully saturated rings. The smallest absolute Gasteiger partial charge is 0.222 e. The van der Waals surface area contributed by atoms with Gasteiger partial charge in [-0.2, -0.15) is 0 Å². The van der Waals surface area contributed by atoms with Crippen molar-refractivity contribution >= 4 is 17.5 Å². The number of hydrogen-bond donors (Lipinski definition) is 3. The summed E-state index contributed by atoms with van der Waals surface area (Å²) in [5, 5.41) is 31.4. The summed E-state index contributed by atoms with van der Waals surface area (Å²) in [5.74, 6) is -3.05. The summed E-state index contributed by atoms with van der Waals surface area (Å²) in [5.41, 5.74) is -0.828. The number of phenolic OH excluding ortho intramolecular Hbond substituents is 3. The van der Waals surface area contributed by atoms with E-state index in [0.29, 0.717) is 13.0 Å². The lowest BCUT2D eigenvalue weighted by atomic mass is 9.93. The molecule has 2 rings (SSSR count). The third-order valence-corrected chi connectivity index (χ3v) is 4.74. The number of aromatic hydroxyl groups is 3. The fourth-order valence-corrected chi connectivity index (χ4v) is 3.19. The molecule has 0 aliphatic carbocycles. The Morgan fingerprint density at radius 3 is 1.92 bits per heavy atom. The number of ketones is 2. The second-order valence-electron chi connectivity index (χ2n) is 6.45. The van der Waals surface area contributed by atoms with Gasteiger partial charge in [0.1, 0.15) is 28.4 Å². The number of hydrogen-bond acceptors (Lipinski definition) is 6. The summed E-state index contributed by atoms with van der Waals surface area (Å²) in [7, 11) is 0. The van der Waals surface area contributed by atoms with Gasteiger partial charge in [-0.15, -0.1) is 0 Å². The van der Waals surface area contributed by atoms with Crippen LogP contribution in [-0.4, -0.2) is 44.2 Å². The number of carbonyl (C=O) groups excluding carboxylic acids is 3. The van der Waals surface area contributed by atoms with Crippen LogP contribution in [-0.2, 0) is 11.3 Å². The monoisotopic (exact) mass is 363 g/mol. The number of Topliss-reactive ketones (excluding diaryl/α,β-unsaturated/α-hetero) is 2. The molecule has 1 amide bonds. The molecule has 1 aliphatic rings. The van der Waals surface area contributed by atoms with E-state index in [0.717, 1.165) is 19.3 Å². The maximum Gasteiger partial charge on any atom is 0.222 e. The van der Waals surface area contributed by atoms with Gasteiger partial charge in [0, 0.05) is 25.8 Å². The summed E-state index contributed by atoms with van der Waals surface area (Å²) in [6.07, 6.45) is 2.88. The Bertz CT molecular complexity index is 697. The zero-order valence-electron chi connectivity index (χ0n) is 15.2. The second-order valence-corrected chi connectivity index (χ2v) is 6.45. The van der Waals surface area contributed by atoms with Gasteiger partial charge < -0.3 is 20.2 Å². The van der Waals surface area contributed by atoms with Gasteiger partial charge in [0.2, 0.25) is 5.91 Å². The van der Waals surface area contributed by atoms with Crippen LogP contribution in [0.15, 0.2) is 0 Å². The Balaban J connectivity index is 2.61. The van der Waals surface area contributed by atoms with Crippen molar-refractivity contribution in [1.82, 2.24) is 4.90 Å². The maximum absolute atomic E-state index is 12.2. The molecule has 142 valence electrons. The molecule has 0 bridgehead atoms. The Morgan fingerprint density at radius 2 is 1.42 bits per heavy atom. The number of amides is 1. The second kappa shape index (κ2) is 8.21. The molecule has 0 aromatic heterocycles. The molecule has 7 heteroatoms. The van der Waals surface area contributed by atoms with Crippen LogP contribution in [0.5, 0.6) is 17.2 Å². The highest BCUT2D eigenvalue weighted by atomic mass is 16.3. The summed E-state index contributed by atoms with van der Waals surface area (Å²) in [6.45, 7) is 3.47. The van der Waals surface area contributed by atoms with Gasteiger partial charge in [-0.05, 0) is 12.8 Å². The molecule has 7 nitrogen and oxygen atoms in total. The lowest BCUT2D eigenvalue weighted by Crippen LogP contribution is -2.30. The van der Waals surface area contributed by atoms with Gasteiger partial charge >= 0.3 is 0 Å². The third kappa shape index (κ3) is 3.66. The molecule has 1 saturated heterocycles. The van der Waals surface area contributed by atoms with Crippen molar-refractivity contribution in [3.05, 3.63) is 16.7 Å². The predicted molar refractivity (Wildman–Crippen MR) is 94.6 cm³/mol. The number of nitrogens with zero attached hydrogens (tertiary/aromatic N) is 1. The fourth-order valence-electron chi connectivity index (χ4n) is 3.19. The highest BCUT2D eigenvalue weighted by molar-refractivity contribution is 6.09. The van der Waals surface area contributed by atoms with Crippen LogP contribution in [0.2, 0.25) is 0 Å². The zero-order valence-corrected chi connectivity index (χ0v) is 15.2. The molecule has 3 N–H and O–H groups in total. The van der Waals surface area contributed by atoms with Crippen LogP contribution in [0.1, 0.15) is 78.7 Å². The lowest BCUT2D eigenvalue weighted by molar-refractivity contribution is -0.131. The van der Waals surface area contributed by atoms with E-state index in [9.17, 15) is 29.7 Å². The number of phenols is 3. The number of carbonyl (C=O) groups is 3. The van der Waals surface area contributed by atoms with E-state index in [4.69, 9.17) is 0 Å². The Labute approximate surface area is 152 Å². The molecule has 26 heavy (non-hydrogen) atoms. The van der Waals surface area contributed by atoms with Crippen LogP contribution in [0.4, 0.5) is 0 Å². The van der Waals surface area contributed by atoms with Crippen molar-refractivity contribution in [2.24, 2.45) is 0 Å². The molecular weight excluding hydrogens is 338 g/mol. The first-order valence-corrected chi connectivity index (χ1v) is 8.97. The van der Waals surface area contributed by atoms with Gasteiger partial charge in [-0.3, -0.25) is 14.4 Å². The first-order valence-electron chi connectivity index (χ1n) is 8.97. The maximum atomic E-state index is 12.2. The highest BCUT2D eigenvalue weighted by Crippen LogP contribution is 2.43. The van der Waals surface area contributed by atoms with Gasteiger partial charge in [-0.1, -0.05) is 20.3 Å². The van der Waals surface area contributed by atoms with Crippen LogP contribution in [0, 0.1) is 0 Å². The van der Waals surface area contributed by atoms with Crippen LogP contribution in [0.25, 0.3) is 0 Å². The van der Waals surface area contributed by atoms with E-state index in [1.54, 1.807) is 13.8 Å². The quantitative estimate of drug-likeness (QED) is 0.670. The Morgan fingerprint density at radius 1 is 0.885 bits per heavy atom. The molecule has 0 radical (unpaired) electrons. The molecular formula is C19H25NO6. The predicted octanol–water partition coefficient (Wildman–Crippen LogP) is 2.89. The van der Waals surface area contributed by atoms with E-state index in [1.807, 2.05) is 0 Å². The van der Waals surface area contributed by atoms with Crippen LogP contribution >= 0.6 is 0 Å². The molecule has 1 aromatic carbocycles. The number of likely N-dealkylation sites (tertiary alicyclic amines) is 1. The minimum atomic E-state index is -0.704. The average Bonchev–Trinajstić information content (AvgIpc) is 2.82. The van der Waals surface area contributed by atoms with E-state index in [1.165, 1.54) is 4.90 Å². The fraction of sp³-hybridized carbons (Fsp3) is 0.526. The molecule has 0 atom stereocenters. The molecule has 0 spiro atoms. The van der Waals surface area contributed by atoms with E-state index in [2.05, 4.69) is 0 Å². The van der Waals surface area contributed by atoms with Gasteiger partial charge in [-0.25, -0.2) is 0 Å². The topological polar surface area (TPSA) is 115 Å². The van der Waals surface area contributed by atoms with E-state index in [-0.39, 0.29) is 42.0 Å². The summed E-state index contributed by atoms with van der Waals surface area (Å²) in [4.78, 5) is 38.1. The van der Waals surface area contributed by atoms with Gasteiger partial charge in [0.25, 0.3) is 0 Å². The minimum Gasteiger partial charge on any atom is -0.507 e. The standard InChI is InChI=1S/C19H25NO6/c1-3-12(21)15-17(24)11(10-20-9-7-5-6-8-14(20)23)18(25)16(19(15)26)13(22)4-2/h24-26H,3-10H2,1-2H3. The zero-order chi connectivity index (χ0) is 19.4. The van der Waals surface area contributed by atoms with Crippen molar-refractivity contribution in [1.29, 1.82) is 0 Å². The summed E-state index contributed by atoms with van der Waals surface area (Å²) in [6, 6.07) is 0. The van der Waals surface area contributed by atoms with Crippen molar-refractivity contribution in [3.63, 3.8) is 0 Å². The normalized spacial score (nSPS) is 15.0. The average molecular weight is 363 g/mol. The van der Waals surface area contributed by atoms with Gasteiger partial charge in [0.15, 0.2) is 11.6 Å². The highest BCUT2D eigenvalue weighted by Gasteiger charge is 2.31. The third-order valence-electron chi connectivity index (χ3n) is 4.74. The lowest BCUT2D eigenvalue weighted by Gasteiger charge is -2.24. The molecule has 0 saturated carbocycles. The summed E-state index contributed by atoms with van der Waals surface area (Å²) < 4.78 is 0. The van der Waals surface area contributed by atoms with E-state index < -0.39 is 28.8 Å². The van der Waals surface area contributed by atoms with Crippen LogP contribution < -0.4 is 0 Å². The number of benzene rings is 1. The molecule has 0 unspecified atom stereocenters. The minimum absolute atomic E-state index is 0.00767. The first-order chi connectivity index (χ1) is 12.3. The summed E-state index contributed by atoms with van der Waals surface area (Å²) >= 11 is 0. The van der Waals surface area contributed by atoms with Crippen molar-refractivity contribution in [3.8, 4) is 17.2 Å². The van der Waals surface area contributed by atoms with Crippen LogP contribution in [0.3, 0.4) is 0 Å². The number of rotatable bonds is 6. The Hall–Kier alpha value is -2.57. The van der Waals surface area contributed by atoms with Crippen molar-refractivity contribution in [2.75, 3.05) is 6.54 Å². The van der Waals surface area contributed by atoms with E-state index >= 15 is 0 Å². The SMILES string of the molecule is CCC(=O)c1c(O)c(CN2CCCCCC2=O)c(O)c(C(=O)CC)c1O. The Kier molecular flexibility index (Phi) is 6.23. The van der Waals surface area contributed by atoms with Crippen molar-refractivity contribution < 1.29 is 29.7 Å². The molecule has 1 heterocycles. The largest absolute Gasteiger partial charge is 0.507 e.